The zero-order valence-electron chi connectivity index (χ0n) is 9.45. The van der Waals surface area contributed by atoms with Gasteiger partial charge in [-0.05, 0) is 13.3 Å². The quantitative estimate of drug-likeness (QED) is 0.596. The number of rotatable bonds is 5. The number of thioether (sulfide) groups is 1. The van der Waals surface area contributed by atoms with Gasteiger partial charge in [0.1, 0.15) is 10.8 Å². The Bertz CT molecular complexity index is 316. The van der Waals surface area contributed by atoms with E-state index in [-0.39, 0.29) is 0 Å². The van der Waals surface area contributed by atoms with Crippen LogP contribution in [0.15, 0.2) is 11.1 Å². The standard InChI is InChI=1S/C10H18N4S/c1-4-7(3)15-9-6-8(12-5-2)13-10(11)14-9/h6-7H,4-5H2,1-3H3,(H3,11,12,13,14). The van der Waals surface area contributed by atoms with Crippen molar-refractivity contribution < 1.29 is 0 Å². The van der Waals surface area contributed by atoms with Crippen molar-refractivity contribution in [2.24, 2.45) is 0 Å². The number of nitrogens with two attached hydrogens (primary N) is 1. The van der Waals surface area contributed by atoms with Gasteiger partial charge in [0.15, 0.2) is 0 Å². The highest BCUT2D eigenvalue weighted by Gasteiger charge is 2.06. The third-order valence-electron chi connectivity index (χ3n) is 1.97. The van der Waals surface area contributed by atoms with Gasteiger partial charge in [-0.1, -0.05) is 13.8 Å². The van der Waals surface area contributed by atoms with Gasteiger partial charge in [0.25, 0.3) is 0 Å². The van der Waals surface area contributed by atoms with E-state index in [0.717, 1.165) is 23.8 Å². The molecule has 1 rings (SSSR count). The van der Waals surface area contributed by atoms with Crippen LogP contribution in [0.3, 0.4) is 0 Å². The molecule has 0 aromatic carbocycles. The smallest absolute Gasteiger partial charge is 0.223 e. The molecule has 0 aliphatic rings. The molecule has 84 valence electrons. The third kappa shape index (κ3) is 3.95. The Morgan fingerprint density at radius 2 is 2.20 bits per heavy atom. The Morgan fingerprint density at radius 1 is 1.47 bits per heavy atom. The van der Waals surface area contributed by atoms with Crippen LogP contribution in [0.1, 0.15) is 27.2 Å². The average molecular weight is 226 g/mol. The highest BCUT2D eigenvalue weighted by Crippen LogP contribution is 2.25. The Hall–Kier alpha value is -0.970. The molecule has 1 atom stereocenters. The largest absolute Gasteiger partial charge is 0.370 e. The number of hydrogen-bond acceptors (Lipinski definition) is 5. The third-order valence-corrected chi connectivity index (χ3v) is 3.16. The summed E-state index contributed by atoms with van der Waals surface area (Å²) in [5, 5.41) is 4.62. The first kappa shape index (κ1) is 12.1. The first-order chi connectivity index (χ1) is 7.15. The van der Waals surface area contributed by atoms with Crippen molar-refractivity contribution in [3.8, 4) is 0 Å². The van der Waals surface area contributed by atoms with Crippen molar-refractivity contribution in [3.63, 3.8) is 0 Å². The van der Waals surface area contributed by atoms with Gasteiger partial charge in [-0.2, -0.15) is 4.98 Å². The van der Waals surface area contributed by atoms with Crippen molar-refractivity contribution in [2.75, 3.05) is 17.6 Å². The number of anilines is 2. The molecule has 4 nitrogen and oxygen atoms in total. The molecule has 3 N–H and O–H groups in total. The van der Waals surface area contributed by atoms with Crippen molar-refractivity contribution in [1.82, 2.24) is 9.97 Å². The molecule has 1 aromatic rings. The number of nitrogens with one attached hydrogen (secondary N) is 1. The van der Waals surface area contributed by atoms with Gasteiger partial charge in [-0.15, -0.1) is 11.8 Å². The van der Waals surface area contributed by atoms with Crippen molar-refractivity contribution in [1.29, 1.82) is 0 Å². The maximum absolute atomic E-state index is 5.63. The molecule has 0 aliphatic heterocycles. The van der Waals surface area contributed by atoms with Crippen LogP contribution in [0.2, 0.25) is 0 Å². The van der Waals surface area contributed by atoms with Gasteiger partial charge >= 0.3 is 0 Å². The second-order valence-corrected chi connectivity index (χ2v) is 4.78. The molecule has 1 aromatic heterocycles. The summed E-state index contributed by atoms with van der Waals surface area (Å²) in [7, 11) is 0. The van der Waals surface area contributed by atoms with Crippen LogP contribution in [0.25, 0.3) is 0 Å². The van der Waals surface area contributed by atoms with Gasteiger partial charge in [-0.25, -0.2) is 4.98 Å². The molecule has 5 heteroatoms. The highest BCUT2D eigenvalue weighted by atomic mass is 32.2. The number of nitrogens with zero attached hydrogens (tertiary/aromatic N) is 2. The Kier molecular flexibility index (Phi) is 4.68. The molecule has 0 bridgehead atoms. The average Bonchev–Trinajstić information content (AvgIpc) is 2.17. The van der Waals surface area contributed by atoms with Gasteiger partial charge in [-0.3, -0.25) is 0 Å². The zero-order chi connectivity index (χ0) is 11.3. The molecule has 15 heavy (non-hydrogen) atoms. The maximum Gasteiger partial charge on any atom is 0.223 e. The molecule has 1 heterocycles. The fraction of sp³-hybridized carbons (Fsp3) is 0.600. The topological polar surface area (TPSA) is 63.8 Å². The van der Waals surface area contributed by atoms with Crippen LogP contribution >= 0.6 is 11.8 Å². The van der Waals surface area contributed by atoms with Crippen molar-refractivity contribution in [2.45, 2.75) is 37.5 Å². The molecule has 0 fully saturated rings. The summed E-state index contributed by atoms with van der Waals surface area (Å²) in [5.74, 6) is 1.13. The monoisotopic (exact) mass is 226 g/mol. The van der Waals surface area contributed by atoms with E-state index in [2.05, 4.69) is 29.1 Å². The minimum absolute atomic E-state index is 0.333. The Morgan fingerprint density at radius 3 is 2.80 bits per heavy atom. The van der Waals surface area contributed by atoms with Crippen molar-refractivity contribution >= 4 is 23.5 Å². The SMILES string of the molecule is CCNc1cc(SC(C)CC)nc(N)n1. The van der Waals surface area contributed by atoms with E-state index in [9.17, 15) is 0 Å². The Balaban J connectivity index is 2.78. The molecule has 0 radical (unpaired) electrons. The van der Waals surface area contributed by atoms with Crippen LogP contribution < -0.4 is 11.1 Å². The molecular weight excluding hydrogens is 208 g/mol. The lowest BCUT2D eigenvalue weighted by Gasteiger charge is -2.09. The second kappa shape index (κ2) is 5.80. The first-order valence-corrected chi connectivity index (χ1v) is 6.08. The lowest BCUT2D eigenvalue weighted by atomic mass is 10.4. The summed E-state index contributed by atoms with van der Waals surface area (Å²) >= 11 is 1.73. The van der Waals surface area contributed by atoms with E-state index in [1.165, 1.54) is 0 Å². The van der Waals surface area contributed by atoms with E-state index in [4.69, 9.17) is 5.73 Å². The van der Waals surface area contributed by atoms with Crippen molar-refractivity contribution in [3.05, 3.63) is 6.07 Å². The molecule has 0 aliphatic carbocycles. The number of aromatic nitrogens is 2. The van der Waals surface area contributed by atoms with Gasteiger partial charge < -0.3 is 11.1 Å². The van der Waals surface area contributed by atoms with E-state index >= 15 is 0 Å². The summed E-state index contributed by atoms with van der Waals surface area (Å²) in [6.07, 6.45) is 1.12. The molecule has 0 saturated heterocycles. The number of hydrogen-bond donors (Lipinski definition) is 2. The fourth-order valence-corrected chi connectivity index (χ4v) is 1.97. The van der Waals surface area contributed by atoms with Crippen LogP contribution in [0.5, 0.6) is 0 Å². The molecule has 0 amide bonds. The summed E-state index contributed by atoms with van der Waals surface area (Å²) in [5.41, 5.74) is 5.63. The van der Waals surface area contributed by atoms with E-state index < -0.39 is 0 Å². The lowest BCUT2D eigenvalue weighted by molar-refractivity contribution is 0.899. The van der Waals surface area contributed by atoms with E-state index in [0.29, 0.717) is 11.2 Å². The first-order valence-electron chi connectivity index (χ1n) is 5.20. The summed E-state index contributed by atoms with van der Waals surface area (Å²) < 4.78 is 0. The minimum Gasteiger partial charge on any atom is -0.370 e. The van der Waals surface area contributed by atoms with Crippen LogP contribution in [0, 0.1) is 0 Å². The van der Waals surface area contributed by atoms with Gasteiger partial charge in [0, 0.05) is 17.9 Å². The maximum atomic E-state index is 5.63. The second-order valence-electron chi connectivity index (χ2n) is 3.32. The molecule has 1 unspecified atom stereocenters. The van der Waals surface area contributed by atoms with E-state index in [1.807, 2.05) is 13.0 Å². The predicted molar refractivity (Wildman–Crippen MR) is 66.2 cm³/mol. The molecular formula is C10H18N4S. The predicted octanol–water partition coefficient (Wildman–Crippen LogP) is 2.38. The zero-order valence-corrected chi connectivity index (χ0v) is 10.3. The van der Waals surface area contributed by atoms with E-state index in [1.54, 1.807) is 11.8 Å². The number of nitrogen functional groups attached to an aromatic ring is 1. The highest BCUT2D eigenvalue weighted by molar-refractivity contribution is 7.99. The molecule has 0 spiro atoms. The van der Waals surface area contributed by atoms with Crippen LogP contribution in [-0.4, -0.2) is 21.8 Å². The van der Waals surface area contributed by atoms with Crippen LogP contribution in [-0.2, 0) is 0 Å². The summed E-state index contributed by atoms with van der Waals surface area (Å²) in [4.78, 5) is 8.29. The normalized spacial score (nSPS) is 12.5. The van der Waals surface area contributed by atoms with Gasteiger partial charge in [0.05, 0.1) is 0 Å². The summed E-state index contributed by atoms with van der Waals surface area (Å²) in [6.45, 7) is 7.20. The lowest BCUT2D eigenvalue weighted by Crippen LogP contribution is -2.05. The molecule has 0 saturated carbocycles. The summed E-state index contributed by atoms with van der Waals surface area (Å²) in [6, 6.07) is 1.94. The van der Waals surface area contributed by atoms with Crippen LogP contribution in [0.4, 0.5) is 11.8 Å². The van der Waals surface area contributed by atoms with Gasteiger partial charge in [0.2, 0.25) is 5.95 Å². The fourth-order valence-electron chi connectivity index (χ4n) is 1.06. The minimum atomic E-state index is 0.333. The Labute approximate surface area is 95.1 Å².